The Morgan fingerprint density at radius 3 is 2.29 bits per heavy atom. The highest BCUT2D eigenvalue weighted by Crippen LogP contribution is 2.23. The molecule has 7 heteroatoms. The highest BCUT2D eigenvalue weighted by Gasteiger charge is 2.30. The Balaban J connectivity index is 2.35. The average molecular weight is 258 g/mol. The number of sulfonamides is 1. The number of hydrogen-bond acceptors (Lipinski definition) is 4. The fourth-order valence-electron chi connectivity index (χ4n) is 2.16. The van der Waals surface area contributed by atoms with Gasteiger partial charge in [-0.15, -0.1) is 0 Å². The second-order valence-electron chi connectivity index (χ2n) is 4.36. The Labute approximate surface area is 101 Å². The molecule has 0 amide bonds. The van der Waals surface area contributed by atoms with E-state index in [4.69, 9.17) is 5.73 Å². The van der Waals surface area contributed by atoms with Crippen molar-refractivity contribution in [2.24, 2.45) is 7.05 Å². The third-order valence-electron chi connectivity index (χ3n) is 3.06. The van der Waals surface area contributed by atoms with Gasteiger partial charge in [-0.25, -0.2) is 13.4 Å². The maximum absolute atomic E-state index is 12.4. The van der Waals surface area contributed by atoms with E-state index in [9.17, 15) is 8.42 Å². The van der Waals surface area contributed by atoms with Gasteiger partial charge in [0.2, 0.25) is 0 Å². The minimum atomic E-state index is -3.49. The molecule has 96 valence electrons. The number of imidazole rings is 1. The fourth-order valence-corrected chi connectivity index (χ4v) is 3.87. The van der Waals surface area contributed by atoms with Crippen LogP contribution in [0.25, 0.3) is 0 Å². The van der Waals surface area contributed by atoms with E-state index in [1.807, 2.05) is 0 Å². The van der Waals surface area contributed by atoms with Gasteiger partial charge in [-0.05, 0) is 12.8 Å². The summed E-state index contributed by atoms with van der Waals surface area (Å²) < 4.78 is 27.8. The molecule has 0 aliphatic carbocycles. The molecule has 1 saturated heterocycles. The molecule has 0 spiro atoms. The van der Waals surface area contributed by atoms with E-state index in [0.29, 0.717) is 13.1 Å². The van der Waals surface area contributed by atoms with Gasteiger partial charge < -0.3 is 10.3 Å². The molecule has 0 unspecified atom stereocenters. The van der Waals surface area contributed by atoms with Crippen molar-refractivity contribution in [3.05, 3.63) is 6.33 Å². The van der Waals surface area contributed by atoms with Gasteiger partial charge in [0.15, 0.2) is 10.8 Å². The lowest BCUT2D eigenvalue weighted by Gasteiger charge is -2.20. The molecule has 1 aromatic rings. The molecule has 1 fully saturated rings. The van der Waals surface area contributed by atoms with E-state index in [1.165, 1.54) is 15.2 Å². The maximum Gasteiger partial charge on any atom is 0.262 e. The van der Waals surface area contributed by atoms with Crippen molar-refractivity contribution in [1.29, 1.82) is 0 Å². The smallest absolute Gasteiger partial charge is 0.262 e. The van der Waals surface area contributed by atoms with Crippen molar-refractivity contribution in [2.45, 2.75) is 30.7 Å². The molecule has 0 saturated carbocycles. The summed E-state index contributed by atoms with van der Waals surface area (Å²) in [5.41, 5.74) is 5.64. The highest BCUT2D eigenvalue weighted by molar-refractivity contribution is 7.89. The minimum absolute atomic E-state index is 0.0803. The number of nitrogen functional groups attached to an aromatic ring is 1. The van der Waals surface area contributed by atoms with Crippen LogP contribution in [-0.2, 0) is 17.1 Å². The lowest BCUT2D eigenvalue weighted by atomic mass is 10.2. The standard InChI is InChI=1S/C10H18N4O2S/c1-13-8-12-9(11)10(13)17(15,16)14-6-4-2-3-5-7-14/h8H,2-7,11H2,1H3. The largest absolute Gasteiger partial charge is 0.381 e. The van der Waals surface area contributed by atoms with Gasteiger partial charge in [0.05, 0.1) is 6.33 Å². The molecular weight excluding hydrogens is 240 g/mol. The number of nitrogens with zero attached hydrogens (tertiary/aromatic N) is 3. The van der Waals surface area contributed by atoms with Gasteiger partial charge in [-0.1, -0.05) is 12.8 Å². The summed E-state index contributed by atoms with van der Waals surface area (Å²) in [6, 6.07) is 0. The van der Waals surface area contributed by atoms with Crippen LogP contribution in [0.5, 0.6) is 0 Å². The molecule has 0 radical (unpaired) electrons. The zero-order chi connectivity index (χ0) is 12.5. The van der Waals surface area contributed by atoms with E-state index in [2.05, 4.69) is 4.98 Å². The van der Waals surface area contributed by atoms with Crippen LogP contribution in [0.3, 0.4) is 0 Å². The first-order chi connectivity index (χ1) is 8.03. The van der Waals surface area contributed by atoms with Crippen LogP contribution in [0.4, 0.5) is 5.82 Å². The molecule has 0 bridgehead atoms. The second kappa shape index (κ2) is 4.66. The normalized spacial score (nSPS) is 19.1. The van der Waals surface area contributed by atoms with Gasteiger partial charge >= 0.3 is 0 Å². The topological polar surface area (TPSA) is 81.2 Å². The predicted molar refractivity (Wildman–Crippen MR) is 64.8 cm³/mol. The lowest BCUT2D eigenvalue weighted by molar-refractivity contribution is 0.419. The Hall–Kier alpha value is -1.08. The number of rotatable bonds is 2. The Kier molecular flexibility index (Phi) is 3.39. The SMILES string of the molecule is Cn1cnc(N)c1S(=O)(=O)N1CCCCCC1. The number of aromatic nitrogens is 2. The van der Waals surface area contributed by atoms with Crippen LogP contribution in [0.1, 0.15) is 25.7 Å². The predicted octanol–water partition coefficient (Wildman–Crippen LogP) is 0.567. The second-order valence-corrected chi connectivity index (χ2v) is 6.22. The van der Waals surface area contributed by atoms with Gasteiger partial charge in [0, 0.05) is 20.1 Å². The van der Waals surface area contributed by atoms with Crippen molar-refractivity contribution >= 4 is 15.8 Å². The molecule has 2 heterocycles. The Bertz CT molecular complexity index is 467. The third-order valence-corrected chi connectivity index (χ3v) is 5.09. The maximum atomic E-state index is 12.4. The number of anilines is 1. The molecule has 1 aromatic heterocycles. The van der Waals surface area contributed by atoms with Gasteiger partial charge in [0.1, 0.15) is 0 Å². The van der Waals surface area contributed by atoms with Crippen molar-refractivity contribution in [3.8, 4) is 0 Å². The van der Waals surface area contributed by atoms with Crippen molar-refractivity contribution < 1.29 is 8.42 Å². The van der Waals surface area contributed by atoms with Crippen LogP contribution >= 0.6 is 0 Å². The number of nitrogens with two attached hydrogens (primary N) is 1. The number of hydrogen-bond donors (Lipinski definition) is 1. The van der Waals surface area contributed by atoms with E-state index in [0.717, 1.165) is 25.7 Å². The van der Waals surface area contributed by atoms with Crippen molar-refractivity contribution in [2.75, 3.05) is 18.8 Å². The molecule has 0 aromatic carbocycles. The Morgan fingerprint density at radius 2 is 1.82 bits per heavy atom. The first-order valence-electron chi connectivity index (χ1n) is 5.80. The molecule has 2 rings (SSSR count). The van der Waals surface area contributed by atoms with Crippen molar-refractivity contribution in [3.63, 3.8) is 0 Å². The summed E-state index contributed by atoms with van der Waals surface area (Å²) in [5, 5.41) is 0.111. The zero-order valence-corrected chi connectivity index (χ0v) is 10.8. The molecule has 1 aliphatic rings. The quantitative estimate of drug-likeness (QED) is 0.840. The van der Waals surface area contributed by atoms with Crippen LogP contribution in [0, 0.1) is 0 Å². The number of aryl methyl sites for hydroxylation is 1. The van der Waals surface area contributed by atoms with Crippen LogP contribution in [0.15, 0.2) is 11.4 Å². The molecule has 0 atom stereocenters. The van der Waals surface area contributed by atoms with Crippen LogP contribution in [-0.4, -0.2) is 35.4 Å². The van der Waals surface area contributed by atoms with Gasteiger partial charge in [-0.3, -0.25) is 0 Å². The Morgan fingerprint density at radius 1 is 1.24 bits per heavy atom. The fraction of sp³-hybridized carbons (Fsp3) is 0.700. The molecule has 1 aliphatic heterocycles. The summed E-state index contributed by atoms with van der Waals surface area (Å²) in [6.45, 7) is 1.15. The minimum Gasteiger partial charge on any atom is -0.381 e. The van der Waals surface area contributed by atoms with E-state index in [-0.39, 0.29) is 10.8 Å². The van der Waals surface area contributed by atoms with E-state index in [1.54, 1.807) is 7.05 Å². The lowest BCUT2D eigenvalue weighted by Crippen LogP contribution is -2.33. The third kappa shape index (κ3) is 2.30. The highest BCUT2D eigenvalue weighted by atomic mass is 32.2. The molecule has 17 heavy (non-hydrogen) atoms. The summed E-state index contributed by atoms with van der Waals surface area (Å²) in [7, 11) is -1.85. The summed E-state index contributed by atoms with van der Waals surface area (Å²) in [4.78, 5) is 3.84. The van der Waals surface area contributed by atoms with Crippen LogP contribution < -0.4 is 5.73 Å². The van der Waals surface area contributed by atoms with Gasteiger partial charge in [0.25, 0.3) is 10.0 Å². The zero-order valence-electron chi connectivity index (χ0n) is 9.96. The molecule has 6 nitrogen and oxygen atoms in total. The first-order valence-corrected chi connectivity index (χ1v) is 7.24. The molecule has 2 N–H and O–H groups in total. The molecular formula is C10H18N4O2S. The monoisotopic (exact) mass is 258 g/mol. The van der Waals surface area contributed by atoms with Crippen LogP contribution in [0.2, 0.25) is 0 Å². The average Bonchev–Trinajstić information content (AvgIpc) is 2.53. The van der Waals surface area contributed by atoms with Gasteiger partial charge in [-0.2, -0.15) is 4.31 Å². The summed E-state index contributed by atoms with van der Waals surface area (Å²) in [6.07, 6.45) is 5.44. The summed E-state index contributed by atoms with van der Waals surface area (Å²) in [5.74, 6) is 0.0803. The van der Waals surface area contributed by atoms with Crippen molar-refractivity contribution in [1.82, 2.24) is 13.9 Å². The van der Waals surface area contributed by atoms with E-state index < -0.39 is 10.0 Å². The van der Waals surface area contributed by atoms with E-state index >= 15 is 0 Å². The first kappa shape index (κ1) is 12.4. The summed E-state index contributed by atoms with van der Waals surface area (Å²) >= 11 is 0.